The molecule has 2 aliphatic carbocycles. The van der Waals surface area contributed by atoms with Crippen molar-refractivity contribution in [1.82, 2.24) is 15.1 Å². The molecule has 1 aromatic heterocycles. The highest BCUT2D eigenvalue weighted by molar-refractivity contribution is 5.10. The van der Waals surface area contributed by atoms with Crippen LogP contribution in [0.4, 0.5) is 13.2 Å². The number of rotatable bonds is 6. The zero-order valence-electron chi connectivity index (χ0n) is 11.0. The summed E-state index contributed by atoms with van der Waals surface area (Å²) in [4.78, 5) is 0. The second-order valence-corrected chi connectivity index (χ2v) is 5.93. The standard InChI is InChI=1S/C13H18F3N3O/c14-13(15,16)10-5-17-19(6-10)7-12(8-20,9-1-2-9)18-11-3-4-11/h5-6,9,11,18,20H,1-4,7-8H2. The number of nitrogens with zero attached hydrogens (tertiary/aromatic N) is 2. The molecule has 0 bridgehead atoms. The second-order valence-electron chi connectivity index (χ2n) is 5.93. The maximum Gasteiger partial charge on any atom is 0.419 e. The van der Waals surface area contributed by atoms with Crippen LogP contribution in [-0.4, -0.2) is 33.1 Å². The molecule has 3 rings (SSSR count). The van der Waals surface area contributed by atoms with Crippen LogP contribution in [0.3, 0.4) is 0 Å². The van der Waals surface area contributed by atoms with Crippen LogP contribution < -0.4 is 5.32 Å². The van der Waals surface area contributed by atoms with E-state index < -0.39 is 17.3 Å². The number of alkyl halides is 3. The van der Waals surface area contributed by atoms with Crippen LogP contribution in [0, 0.1) is 5.92 Å². The van der Waals surface area contributed by atoms with Gasteiger partial charge in [-0.25, -0.2) is 0 Å². The number of hydrogen-bond donors (Lipinski definition) is 2. The highest BCUT2D eigenvalue weighted by Gasteiger charge is 2.48. The van der Waals surface area contributed by atoms with E-state index in [-0.39, 0.29) is 13.2 Å². The van der Waals surface area contributed by atoms with Crippen molar-refractivity contribution in [3.8, 4) is 0 Å². The molecule has 1 aromatic rings. The molecule has 20 heavy (non-hydrogen) atoms. The Kier molecular flexibility index (Phi) is 3.29. The van der Waals surface area contributed by atoms with Crippen molar-refractivity contribution in [3.63, 3.8) is 0 Å². The maximum atomic E-state index is 12.6. The Morgan fingerprint density at radius 2 is 2.00 bits per heavy atom. The number of aliphatic hydroxyl groups excluding tert-OH is 1. The minimum atomic E-state index is -4.37. The first-order valence-electron chi connectivity index (χ1n) is 6.91. The van der Waals surface area contributed by atoms with Crippen LogP contribution >= 0.6 is 0 Å². The molecule has 1 heterocycles. The lowest BCUT2D eigenvalue weighted by atomic mass is 9.93. The molecule has 0 radical (unpaired) electrons. The average molecular weight is 289 g/mol. The Morgan fingerprint density at radius 3 is 2.45 bits per heavy atom. The quantitative estimate of drug-likeness (QED) is 0.839. The predicted octanol–water partition coefficient (Wildman–Crippen LogP) is 1.80. The van der Waals surface area contributed by atoms with Crippen LogP contribution in [0.25, 0.3) is 0 Å². The lowest BCUT2D eigenvalue weighted by Gasteiger charge is -2.33. The van der Waals surface area contributed by atoms with Crippen LogP contribution in [0.2, 0.25) is 0 Å². The SMILES string of the molecule is OCC(Cn1cc(C(F)(F)F)cn1)(NC1CC1)C1CC1. The first-order chi connectivity index (χ1) is 9.43. The van der Waals surface area contributed by atoms with Gasteiger partial charge in [-0.1, -0.05) is 0 Å². The zero-order chi connectivity index (χ0) is 14.4. The molecule has 2 aliphatic rings. The van der Waals surface area contributed by atoms with Gasteiger partial charge in [-0.05, 0) is 31.6 Å². The first kappa shape index (κ1) is 13.9. The van der Waals surface area contributed by atoms with Crippen molar-refractivity contribution in [3.05, 3.63) is 18.0 Å². The summed E-state index contributed by atoms with van der Waals surface area (Å²) in [5.41, 5.74) is -1.28. The van der Waals surface area contributed by atoms with Gasteiger partial charge in [0.1, 0.15) is 0 Å². The average Bonchev–Trinajstić information content (AvgIpc) is 3.27. The molecule has 7 heteroatoms. The summed E-state index contributed by atoms with van der Waals surface area (Å²) in [5, 5.41) is 17.0. The number of nitrogens with one attached hydrogen (secondary N) is 1. The highest BCUT2D eigenvalue weighted by Crippen LogP contribution is 2.42. The fraction of sp³-hybridized carbons (Fsp3) is 0.769. The van der Waals surface area contributed by atoms with Gasteiger partial charge < -0.3 is 10.4 Å². The molecule has 0 spiro atoms. The topological polar surface area (TPSA) is 50.1 Å². The molecule has 112 valence electrons. The minimum absolute atomic E-state index is 0.0740. The Bertz CT molecular complexity index is 479. The van der Waals surface area contributed by atoms with Crippen molar-refractivity contribution >= 4 is 0 Å². The predicted molar refractivity (Wildman–Crippen MR) is 65.9 cm³/mol. The maximum absolute atomic E-state index is 12.6. The Morgan fingerprint density at radius 1 is 1.30 bits per heavy atom. The summed E-state index contributed by atoms with van der Waals surface area (Å²) in [5.74, 6) is 0.326. The van der Waals surface area contributed by atoms with Gasteiger partial charge >= 0.3 is 6.18 Å². The first-order valence-corrected chi connectivity index (χ1v) is 6.91. The van der Waals surface area contributed by atoms with Crippen molar-refractivity contribution in [2.75, 3.05) is 6.61 Å². The third kappa shape index (κ3) is 2.83. The van der Waals surface area contributed by atoms with Gasteiger partial charge in [-0.15, -0.1) is 0 Å². The third-order valence-electron chi connectivity index (χ3n) is 4.11. The number of halogens is 3. The second kappa shape index (κ2) is 4.73. The molecule has 1 unspecified atom stereocenters. The van der Waals surface area contributed by atoms with Crippen molar-refractivity contribution in [2.24, 2.45) is 5.92 Å². The van der Waals surface area contributed by atoms with Gasteiger partial charge in [0.25, 0.3) is 0 Å². The van der Waals surface area contributed by atoms with Gasteiger partial charge in [-0.3, -0.25) is 4.68 Å². The Balaban J connectivity index is 1.76. The van der Waals surface area contributed by atoms with Crippen molar-refractivity contribution in [1.29, 1.82) is 0 Å². The summed E-state index contributed by atoms with van der Waals surface area (Å²) >= 11 is 0. The number of aromatic nitrogens is 2. The molecule has 2 saturated carbocycles. The normalized spacial score (nSPS) is 22.8. The van der Waals surface area contributed by atoms with Crippen LogP contribution in [0.1, 0.15) is 31.2 Å². The lowest BCUT2D eigenvalue weighted by Crippen LogP contribution is -2.54. The molecule has 0 amide bonds. The summed E-state index contributed by atoms with van der Waals surface area (Å²) in [6.45, 7) is 0.204. The van der Waals surface area contributed by atoms with Gasteiger partial charge in [0.05, 0.1) is 30.5 Å². The summed E-state index contributed by atoms with van der Waals surface area (Å²) in [6.07, 6.45) is 1.64. The molecule has 2 N–H and O–H groups in total. The van der Waals surface area contributed by atoms with Gasteiger partial charge in [0.2, 0.25) is 0 Å². The molecule has 4 nitrogen and oxygen atoms in total. The molecule has 0 aromatic carbocycles. The molecular weight excluding hydrogens is 271 g/mol. The van der Waals surface area contributed by atoms with E-state index in [1.165, 1.54) is 4.68 Å². The summed E-state index contributed by atoms with van der Waals surface area (Å²) in [7, 11) is 0. The molecule has 0 saturated heterocycles. The summed E-state index contributed by atoms with van der Waals surface area (Å²) in [6, 6.07) is 0.389. The van der Waals surface area contributed by atoms with E-state index in [1.54, 1.807) is 0 Å². The van der Waals surface area contributed by atoms with Crippen molar-refractivity contribution < 1.29 is 18.3 Å². The van der Waals surface area contributed by atoms with Crippen LogP contribution in [0.5, 0.6) is 0 Å². The number of aliphatic hydroxyl groups is 1. The minimum Gasteiger partial charge on any atom is -0.394 e. The van der Waals surface area contributed by atoms with Gasteiger partial charge in [-0.2, -0.15) is 18.3 Å². The smallest absolute Gasteiger partial charge is 0.394 e. The van der Waals surface area contributed by atoms with E-state index in [1.807, 2.05) is 0 Å². The monoisotopic (exact) mass is 289 g/mol. The fourth-order valence-electron chi connectivity index (χ4n) is 2.67. The van der Waals surface area contributed by atoms with E-state index in [9.17, 15) is 18.3 Å². The molecule has 2 fully saturated rings. The summed E-state index contributed by atoms with van der Waals surface area (Å²) < 4.78 is 39.1. The lowest BCUT2D eigenvalue weighted by molar-refractivity contribution is -0.137. The van der Waals surface area contributed by atoms with E-state index in [4.69, 9.17) is 0 Å². The van der Waals surface area contributed by atoms with E-state index in [0.717, 1.165) is 38.1 Å². The zero-order valence-corrected chi connectivity index (χ0v) is 11.0. The van der Waals surface area contributed by atoms with Crippen LogP contribution in [-0.2, 0) is 12.7 Å². The number of hydrogen-bond acceptors (Lipinski definition) is 3. The van der Waals surface area contributed by atoms with E-state index in [2.05, 4.69) is 10.4 Å². The molecular formula is C13H18F3N3O. The van der Waals surface area contributed by atoms with Gasteiger partial charge in [0, 0.05) is 12.2 Å². The Hall–Kier alpha value is -1.08. The molecule has 0 aliphatic heterocycles. The largest absolute Gasteiger partial charge is 0.419 e. The van der Waals surface area contributed by atoms with E-state index in [0.29, 0.717) is 12.0 Å². The highest BCUT2D eigenvalue weighted by atomic mass is 19.4. The fourth-order valence-corrected chi connectivity index (χ4v) is 2.67. The molecule has 1 atom stereocenters. The van der Waals surface area contributed by atoms with E-state index >= 15 is 0 Å². The third-order valence-corrected chi connectivity index (χ3v) is 4.11. The van der Waals surface area contributed by atoms with Gasteiger partial charge in [0.15, 0.2) is 0 Å². The van der Waals surface area contributed by atoms with Crippen molar-refractivity contribution in [2.45, 2.75) is 50.0 Å². The van der Waals surface area contributed by atoms with Crippen LogP contribution in [0.15, 0.2) is 12.4 Å². The Labute approximate surface area is 115 Å².